The van der Waals surface area contributed by atoms with E-state index in [0.717, 1.165) is 35.5 Å². The van der Waals surface area contributed by atoms with Gasteiger partial charge in [0.05, 0.1) is 0 Å². The Kier molecular flexibility index (Phi) is 6.44. The minimum Gasteiger partial charge on any atom is -0.371 e. The molecule has 1 saturated heterocycles. The Labute approximate surface area is 173 Å². The Balaban J connectivity index is 1.77. The van der Waals surface area contributed by atoms with Crippen LogP contribution in [0.15, 0.2) is 35.4 Å². The van der Waals surface area contributed by atoms with E-state index in [1.165, 1.54) is 12.8 Å². The third kappa shape index (κ3) is 4.57. The number of nitrogens with zero attached hydrogens (tertiary/aromatic N) is 1. The van der Waals surface area contributed by atoms with Gasteiger partial charge >= 0.3 is 0 Å². The highest BCUT2D eigenvalue weighted by Gasteiger charge is 2.25. The quantitative estimate of drug-likeness (QED) is 0.575. The Bertz CT molecular complexity index is 852. The minimum atomic E-state index is -0.186. The summed E-state index contributed by atoms with van der Waals surface area (Å²) in [4.78, 5) is 27.7. The lowest BCUT2D eigenvalue weighted by Crippen LogP contribution is -2.34. The van der Waals surface area contributed by atoms with Crippen molar-refractivity contribution in [3.63, 3.8) is 0 Å². The zero-order valence-electron chi connectivity index (χ0n) is 17.3. The van der Waals surface area contributed by atoms with Crippen LogP contribution in [-0.2, 0) is 4.79 Å². The van der Waals surface area contributed by atoms with Gasteiger partial charge in [0, 0.05) is 41.7 Å². The topological polar surface area (TPSA) is 37.4 Å². The molecule has 1 aromatic rings. The van der Waals surface area contributed by atoms with Crippen LogP contribution in [0.1, 0.15) is 62.4 Å². The van der Waals surface area contributed by atoms with E-state index in [-0.39, 0.29) is 17.5 Å². The van der Waals surface area contributed by atoms with Gasteiger partial charge in [0.15, 0.2) is 11.6 Å². The van der Waals surface area contributed by atoms with Gasteiger partial charge in [0.2, 0.25) is 0 Å². The second kappa shape index (κ2) is 8.65. The molecular weight excluding hydrogens is 370 g/mol. The van der Waals surface area contributed by atoms with Crippen molar-refractivity contribution in [1.29, 1.82) is 0 Å². The van der Waals surface area contributed by atoms with E-state index >= 15 is 0 Å². The summed E-state index contributed by atoms with van der Waals surface area (Å²) in [5.74, 6) is 0.638. The van der Waals surface area contributed by atoms with Crippen LogP contribution in [0.5, 0.6) is 0 Å². The summed E-state index contributed by atoms with van der Waals surface area (Å²) in [5, 5.41) is 0.602. The molecule has 1 fully saturated rings. The van der Waals surface area contributed by atoms with Gasteiger partial charge in [0.25, 0.3) is 0 Å². The van der Waals surface area contributed by atoms with Crippen LogP contribution in [0.25, 0.3) is 0 Å². The van der Waals surface area contributed by atoms with Gasteiger partial charge in [-0.3, -0.25) is 9.59 Å². The smallest absolute Gasteiger partial charge is 0.163 e. The van der Waals surface area contributed by atoms with E-state index in [2.05, 4.69) is 11.8 Å². The normalized spacial score (nSPS) is 22.8. The van der Waals surface area contributed by atoms with E-state index in [0.29, 0.717) is 29.3 Å². The third-order valence-electron chi connectivity index (χ3n) is 6.02. The van der Waals surface area contributed by atoms with Crippen LogP contribution in [0, 0.1) is 18.8 Å². The molecule has 150 valence electrons. The number of piperidine rings is 1. The molecule has 0 N–H and O–H groups in total. The summed E-state index contributed by atoms with van der Waals surface area (Å²) in [6, 6.07) is 3.77. The Morgan fingerprint density at radius 1 is 1.21 bits per heavy atom. The highest BCUT2D eigenvalue weighted by molar-refractivity contribution is 6.31. The van der Waals surface area contributed by atoms with Crippen LogP contribution in [0.2, 0.25) is 5.02 Å². The molecule has 0 amide bonds. The van der Waals surface area contributed by atoms with Crippen LogP contribution in [0.3, 0.4) is 0 Å². The predicted molar refractivity (Wildman–Crippen MR) is 116 cm³/mol. The highest BCUT2D eigenvalue weighted by atomic mass is 35.5. The second-order valence-electron chi connectivity index (χ2n) is 8.48. The number of anilines is 1. The van der Waals surface area contributed by atoms with Crippen LogP contribution < -0.4 is 4.90 Å². The minimum absolute atomic E-state index is 0.0678. The number of allylic oxidation sites excluding steroid dienone is 4. The molecule has 3 rings (SSSR count). The summed E-state index contributed by atoms with van der Waals surface area (Å²) in [6.07, 6.45) is 7.04. The zero-order chi connectivity index (χ0) is 20.4. The maximum absolute atomic E-state index is 13.0. The molecule has 0 aromatic heterocycles. The van der Waals surface area contributed by atoms with E-state index in [1.54, 1.807) is 12.1 Å². The zero-order valence-corrected chi connectivity index (χ0v) is 18.1. The molecule has 1 aliphatic heterocycles. The third-order valence-corrected chi connectivity index (χ3v) is 6.24. The number of rotatable bonds is 5. The SMILES string of the molecule is CC1=CC(=O)C(CCC(=O)c2cc(Cl)cc(N3CCCC(C)C3)c2C)C(C)=C1. The lowest BCUT2D eigenvalue weighted by atomic mass is 9.84. The van der Waals surface area contributed by atoms with Crippen molar-refractivity contribution in [3.05, 3.63) is 51.6 Å². The van der Waals surface area contributed by atoms with E-state index < -0.39 is 0 Å². The second-order valence-corrected chi connectivity index (χ2v) is 8.92. The summed E-state index contributed by atoms with van der Waals surface area (Å²) in [7, 11) is 0. The largest absolute Gasteiger partial charge is 0.371 e. The van der Waals surface area contributed by atoms with Crippen molar-refractivity contribution in [2.45, 2.75) is 53.4 Å². The van der Waals surface area contributed by atoms with Crippen LogP contribution in [0.4, 0.5) is 5.69 Å². The summed E-state index contributed by atoms with van der Waals surface area (Å²) in [6.45, 7) is 10.2. The number of carbonyl (C=O) groups excluding carboxylic acids is 2. The first-order valence-corrected chi connectivity index (χ1v) is 10.6. The molecule has 0 spiro atoms. The number of halogens is 1. The summed E-state index contributed by atoms with van der Waals surface area (Å²) >= 11 is 6.38. The number of carbonyl (C=O) groups is 2. The van der Waals surface area contributed by atoms with E-state index in [9.17, 15) is 9.59 Å². The lowest BCUT2D eigenvalue weighted by Gasteiger charge is -2.34. The fourth-order valence-corrected chi connectivity index (χ4v) is 4.73. The number of hydrogen-bond donors (Lipinski definition) is 0. The monoisotopic (exact) mass is 399 g/mol. The summed E-state index contributed by atoms with van der Waals surface area (Å²) < 4.78 is 0. The van der Waals surface area contributed by atoms with Gasteiger partial charge < -0.3 is 4.90 Å². The first-order valence-electron chi connectivity index (χ1n) is 10.2. The Morgan fingerprint density at radius 3 is 2.64 bits per heavy atom. The molecule has 0 radical (unpaired) electrons. The molecule has 3 nitrogen and oxygen atoms in total. The lowest BCUT2D eigenvalue weighted by molar-refractivity contribution is -0.117. The van der Waals surface area contributed by atoms with E-state index in [4.69, 9.17) is 11.6 Å². The van der Waals surface area contributed by atoms with Crippen molar-refractivity contribution in [3.8, 4) is 0 Å². The van der Waals surface area contributed by atoms with E-state index in [1.807, 2.05) is 32.9 Å². The van der Waals surface area contributed by atoms with Gasteiger partial charge in [-0.1, -0.05) is 30.2 Å². The van der Waals surface area contributed by atoms with Gasteiger partial charge in [-0.15, -0.1) is 0 Å². The number of hydrogen-bond acceptors (Lipinski definition) is 3. The average molecular weight is 400 g/mol. The van der Waals surface area contributed by atoms with Crippen molar-refractivity contribution in [1.82, 2.24) is 0 Å². The molecule has 2 atom stereocenters. The van der Waals surface area contributed by atoms with Crippen molar-refractivity contribution in [2.75, 3.05) is 18.0 Å². The molecule has 2 aliphatic rings. The Hall–Kier alpha value is -1.87. The average Bonchev–Trinajstić information content (AvgIpc) is 2.62. The van der Waals surface area contributed by atoms with Gasteiger partial charge in [-0.25, -0.2) is 0 Å². The number of ketones is 2. The van der Waals surface area contributed by atoms with Crippen molar-refractivity contribution >= 4 is 28.9 Å². The highest BCUT2D eigenvalue weighted by Crippen LogP contribution is 2.33. The fraction of sp³-hybridized carbons (Fsp3) is 0.500. The predicted octanol–water partition coefficient (Wildman–Crippen LogP) is 5.94. The molecule has 1 heterocycles. The molecule has 0 saturated carbocycles. The first-order chi connectivity index (χ1) is 13.3. The number of Topliss-reactive ketones (excluding diaryl/α,β-unsaturated/α-hetero) is 1. The summed E-state index contributed by atoms with van der Waals surface area (Å²) in [5.41, 5.74) is 4.80. The molecule has 0 bridgehead atoms. The molecule has 28 heavy (non-hydrogen) atoms. The molecule has 1 aromatic carbocycles. The van der Waals surface area contributed by atoms with Crippen molar-refractivity contribution < 1.29 is 9.59 Å². The maximum atomic E-state index is 13.0. The van der Waals surface area contributed by atoms with Crippen LogP contribution >= 0.6 is 11.6 Å². The van der Waals surface area contributed by atoms with Crippen molar-refractivity contribution in [2.24, 2.45) is 11.8 Å². The van der Waals surface area contributed by atoms with Gasteiger partial charge in [-0.05, 0) is 75.3 Å². The molecule has 2 unspecified atom stereocenters. The molecule has 1 aliphatic carbocycles. The molecule has 4 heteroatoms. The van der Waals surface area contributed by atoms with Gasteiger partial charge in [-0.2, -0.15) is 0 Å². The van der Waals surface area contributed by atoms with Gasteiger partial charge in [0.1, 0.15) is 0 Å². The standard InChI is InChI=1S/C24H30ClNO2/c1-15-6-5-9-26(14-15)22-13-19(25)12-21(18(22)4)23(27)8-7-20-17(3)10-16(2)11-24(20)28/h10-13,15,20H,5-9,14H2,1-4H3. The first kappa shape index (κ1) is 20.9. The fourth-order valence-electron chi connectivity index (χ4n) is 4.52. The Morgan fingerprint density at radius 2 is 1.96 bits per heavy atom. The maximum Gasteiger partial charge on any atom is 0.163 e. The number of benzene rings is 1. The van der Waals surface area contributed by atoms with Crippen LogP contribution in [-0.4, -0.2) is 24.7 Å². The molecular formula is C24H30ClNO2.